The van der Waals surface area contributed by atoms with Gasteiger partial charge in [-0.1, -0.05) is 12.1 Å². The number of nitrogens with one attached hydrogen (secondary N) is 1. The van der Waals surface area contributed by atoms with Crippen molar-refractivity contribution in [1.82, 2.24) is 15.1 Å². The fraction of sp³-hybridized carbons (Fsp3) is 0.529. The van der Waals surface area contributed by atoms with Crippen LogP contribution < -0.4 is 4.74 Å². The van der Waals surface area contributed by atoms with E-state index >= 15 is 0 Å². The highest BCUT2D eigenvalue weighted by atomic mass is 19.4. The number of rotatable bonds is 4. The highest BCUT2D eigenvalue weighted by molar-refractivity contribution is 6.07. The van der Waals surface area contributed by atoms with Gasteiger partial charge in [0, 0.05) is 18.4 Å². The van der Waals surface area contributed by atoms with Crippen molar-refractivity contribution in [3.05, 3.63) is 23.9 Å². The monoisotopic (exact) mass is 353 g/mol. The molecule has 25 heavy (non-hydrogen) atoms. The molecule has 0 saturated carbocycles. The predicted molar refractivity (Wildman–Crippen MR) is 84.4 cm³/mol. The van der Waals surface area contributed by atoms with Gasteiger partial charge in [0.1, 0.15) is 11.2 Å². The maximum Gasteiger partial charge on any atom is 0.573 e. The van der Waals surface area contributed by atoms with Gasteiger partial charge in [-0.05, 0) is 43.8 Å². The number of nitrogens with zero attached hydrogens (tertiary/aromatic N) is 2. The molecule has 4 heterocycles. The van der Waals surface area contributed by atoms with E-state index in [-0.39, 0.29) is 22.7 Å². The van der Waals surface area contributed by atoms with Crippen LogP contribution in [-0.4, -0.2) is 46.9 Å². The molecule has 1 aromatic heterocycles. The Hall–Kier alpha value is -2.09. The number of Topliss-reactive ketones (excluding diaryl/α,β-unsaturated/α-hetero) is 1. The number of aromatic nitrogens is 2. The first-order valence-corrected chi connectivity index (χ1v) is 8.39. The van der Waals surface area contributed by atoms with Gasteiger partial charge in [0.15, 0.2) is 11.5 Å². The van der Waals surface area contributed by atoms with Crippen LogP contribution in [0.15, 0.2) is 18.2 Å². The van der Waals surface area contributed by atoms with E-state index < -0.39 is 6.36 Å². The van der Waals surface area contributed by atoms with Crippen LogP contribution in [0, 0.1) is 11.8 Å². The Morgan fingerprint density at radius 1 is 1.32 bits per heavy atom. The standard InChI is InChI=1S/C17H18F3N3O2/c18-17(19,20)25-14-3-1-2-12-15(21-22-16(12)14)13(24)8-11-9-23-6-4-10(11)5-7-23/h1-3,10-11H,4-9H2,(H,21,22)/t11-/m1/s1. The first-order valence-electron chi connectivity index (χ1n) is 8.39. The predicted octanol–water partition coefficient (Wildman–Crippen LogP) is 3.38. The molecule has 3 saturated heterocycles. The number of carbonyl (C=O) groups is 1. The van der Waals surface area contributed by atoms with Gasteiger partial charge >= 0.3 is 6.36 Å². The zero-order valence-electron chi connectivity index (χ0n) is 13.5. The number of alkyl halides is 3. The molecule has 8 heteroatoms. The van der Waals surface area contributed by atoms with Crippen LogP contribution in [-0.2, 0) is 0 Å². The number of carbonyl (C=O) groups excluding carboxylic acids is 1. The summed E-state index contributed by atoms with van der Waals surface area (Å²) >= 11 is 0. The lowest BCUT2D eigenvalue weighted by atomic mass is 9.76. The van der Waals surface area contributed by atoms with Crippen molar-refractivity contribution in [3.8, 4) is 5.75 Å². The van der Waals surface area contributed by atoms with Gasteiger partial charge in [0.05, 0.1) is 0 Å². The summed E-state index contributed by atoms with van der Waals surface area (Å²) in [6.45, 7) is 3.11. The van der Waals surface area contributed by atoms with Crippen LogP contribution in [0.25, 0.3) is 10.9 Å². The van der Waals surface area contributed by atoms with Crippen molar-refractivity contribution in [2.75, 3.05) is 19.6 Å². The Balaban J connectivity index is 1.57. The number of hydrogen-bond acceptors (Lipinski definition) is 4. The molecular weight excluding hydrogens is 335 g/mol. The number of piperidine rings is 3. The Kier molecular flexibility index (Phi) is 3.94. The van der Waals surface area contributed by atoms with Crippen molar-refractivity contribution < 1.29 is 22.7 Å². The molecular formula is C17H18F3N3O2. The highest BCUT2D eigenvalue weighted by Crippen LogP contribution is 2.36. The normalized spacial score (nSPS) is 26.1. The summed E-state index contributed by atoms with van der Waals surface area (Å²) in [4.78, 5) is 15.1. The zero-order valence-corrected chi connectivity index (χ0v) is 13.5. The van der Waals surface area contributed by atoms with Gasteiger partial charge in [0.2, 0.25) is 0 Å². The summed E-state index contributed by atoms with van der Waals surface area (Å²) < 4.78 is 41.5. The molecule has 1 N–H and O–H groups in total. The van der Waals surface area contributed by atoms with E-state index in [2.05, 4.69) is 19.8 Å². The van der Waals surface area contributed by atoms with Crippen LogP contribution in [0.1, 0.15) is 29.8 Å². The molecule has 5 rings (SSSR count). The number of ketones is 1. The summed E-state index contributed by atoms with van der Waals surface area (Å²) in [6.07, 6.45) is -2.18. The third-order valence-electron chi connectivity index (χ3n) is 5.29. The van der Waals surface area contributed by atoms with Gasteiger partial charge in [-0.15, -0.1) is 13.2 Å². The minimum Gasteiger partial charge on any atom is -0.403 e. The first-order chi connectivity index (χ1) is 11.9. The van der Waals surface area contributed by atoms with Crippen LogP contribution in [0.4, 0.5) is 13.2 Å². The lowest BCUT2D eigenvalue weighted by Gasteiger charge is -2.44. The Morgan fingerprint density at radius 2 is 2.08 bits per heavy atom. The van der Waals surface area contributed by atoms with E-state index in [0.29, 0.717) is 23.6 Å². The number of H-pyrrole nitrogens is 1. The van der Waals surface area contributed by atoms with E-state index in [4.69, 9.17) is 0 Å². The van der Waals surface area contributed by atoms with E-state index in [0.717, 1.165) is 32.5 Å². The molecule has 0 unspecified atom stereocenters. The number of halogens is 3. The maximum absolute atomic E-state index is 12.7. The molecule has 1 atom stereocenters. The largest absolute Gasteiger partial charge is 0.573 e. The molecule has 0 radical (unpaired) electrons. The number of fused-ring (bicyclic) bond motifs is 4. The molecule has 3 aliphatic heterocycles. The summed E-state index contributed by atoms with van der Waals surface area (Å²) in [5.74, 6) is 0.355. The number of ether oxygens (including phenoxy) is 1. The molecule has 134 valence electrons. The zero-order chi connectivity index (χ0) is 17.6. The quantitative estimate of drug-likeness (QED) is 0.856. The average molecular weight is 353 g/mol. The minimum atomic E-state index is -4.79. The van der Waals surface area contributed by atoms with Crippen LogP contribution in [0.3, 0.4) is 0 Å². The molecule has 3 aliphatic rings. The number of para-hydroxylation sites is 1. The first kappa shape index (κ1) is 16.4. The summed E-state index contributed by atoms with van der Waals surface area (Å²) in [5.41, 5.74) is 0.288. The third-order valence-corrected chi connectivity index (χ3v) is 5.29. The summed E-state index contributed by atoms with van der Waals surface area (Å²) in [6, 6.07) is 4.23. The van der Waals surface area contributed by atoms with E-state index in [1.807, 2.05) is 0 Å². The van der Waals surface area contributed by atoms with Crippen molar-refractivity contribution in [3.63, 3.8) is 0 Å². The van der Waals surface area contributed by atoms with Crippen LogP contribution in [0.5, 0.6) is 5.75 Å². The minimum absolute atomic E-state index is 0.0945. The SMILES string of the molecule is O=C(C[C@@H]1CN2CCC1CC2)c1n[nH]c2c(OC(F)(F)F)cccc12. The molecule has 1 aromatic carbocycles. The van der Waals surface area contributed by atoms with Gasteiger partial charge in [-0.25, -0.2) is 0 Å². The lowest BCUT2D eigenvalue weighted by Crippen LogP contribution is -2.47. The molecule has 0 aliphatic carbocycles. The summed E-state index contributed by atoms with van der Waals surface area (Å²) in [7, 11) is 0. The second kappa shape index (κ2) is 6.01. The van der Waals surface area contributed by atoms with Crippen molar-refractivity contribution in [1.29, 1.82) is 0 Å². The second-order valence-corrected chi connectivity index (χ2v) is 6.82. The Bertz CT molecular complexity index is 794. The molecule has 5 nitrogen and oxygen atoms in total. The number of aromatic amines is 1. The molecule has 3 fully saturated rings. The maximum atomic E-state index is 12.7. The van der Waals surface area contributed by atoms with Gasteiger partial charge in [-0.2, -0.15) is 5.10 Å². The Labute approximate surface area is 142 Å². The summed E-state index contributed by atoms with van der Waals surface area (Å²) in [5, 5.41) is 6.87. The smallest absolute Gasteiger partial charge is 0.403 e. The van der Waals surface area contributed by atoms with E-state index in [1.165, 1.54) is 12.1 Å². The second-order valence-electron chi connectivity index (χ2n) is 6.82. The van der Waals surface area contributed by atoms with Crippen LogP contribution in [0.2, 0.25) is 0 Å². The van der Waals surface area contributed by atoms with Gasteiger partial charge in [-0.3, -0.25) is 9.89 Å². The van der Waals surface area contributed by atoms with Crippen molar-refractivity contribution >= 4 is 16.7 Å². The Morgan fingerprint density at radius 3 is 2.72 bits per heavy atom. The molecule has 0 spiro atoms. The number of benzene rings is 1. The highest BCUT2D eigenvalue weighted by Gasteiger charge is 2.36. The van der Waals surface area contributed by atoms with Crippen LogP contribution >= 0.6 is 0 Å². The fourth-order valence-electron chi connectivity index (χ4n) is 4.09. The van der Waals surface area contributed by atoms with Gasteiger partial charge in [0.25, 0.3) is 0 Å². The van der Waals surface area contributed by atoms with Crippen molar-refractivity contribution in [2.45, 2.75) is 25.6 Å². The van der Waals surface area contributed by atoms with E-state index in [9.17, 15) is 18.0 Å². The number of hydrogen-bond donors (Lipinski definition) is 1. The van der Waals surface area contributed by atoms with Crippen molar-refractivity contribution in [2.24, 2.45) is 11.8 Å². The van der Waals surface area contributed by atoms with E-state index in [1.54, 1.807) is 6.07 Å². The topological polar surface area (TPSA) is 58.2 Å². The molecule has 0 amide bonds. The molecule has 2 aromatic rings. The molecule has 2 bridgehead atoms. The lowest BCUT2D eigenvalue weighted by molar-refractivity contribution is -0.274. The van der Waals surface area contributed by atoms with Gasteiger partial charge < -0.3 is 9.64 Å². The third kappa shape index (κ3) is 3.22. The average Bonchev–Trinajstić information content (AvgIpc) is 3.00. The fourth-order valence-corrected chi connectivity index (χ4v) is 4.09.